The van der Waals surface area contributed by atoms with Crippen LogP contribution in [0.3, 0.4) is 0 Å². The summed E-state index contributed by atoms with van der Waals surface area (Å²) in [5.41, 5.74) is 3.79. The van der Waals surface area contributed by atoms with E-state index in [0.29, 0.717) is 11.3 Å². The fourth-order valence-electron chi connectivity index (χ4n) is 3.06. The number of halogens is 1. The number of thioether (sulfide) groups is 1. The number of allylic oxidation sites excluding steroid dienone is 1. The van der Waals surface area contributed by atoms with Gasteiger partial charge in [0.15, 0.2) is 0 Å². The van der Waals surface area contributed by atoms with Gasteiger partial charge in [-0.3, -0.25) is 0 Å². The second-order valence-corrected chi connectivity index (χ2v) is 7.81. The molecule has 0 radical (unpaired) electrons. The molecule has 0 fully saturated rings. The van der Waals surface area contributed by atoms with Crippen LogP contribution in [-0.4, -0.2) is 35.8 Å². The van der Waals surface area contributed by atoms with Crippen molar-refractivity contribution in [2.75, 3.05) is 28.9 Å². The highest BCUT2D eigenvalue weighted by Crippen LogP contribution is 2.42. The van der Waals surface area contributed by atoms with Crippen molar-refractivity contribution in [3.8, 4) is 0 Å². The van der Waals surface area contributed by atoms with Crippen molar-refractivity contribution in [3.05, 3.63) is 42.1 Å². The van der Waals surface area contributed by atoms with Crippen molar-refractivity contribution < 1.29 is 0 Å². The highest BCUT2D eigenvalue weighted by atomic mass is 79.9. The van der Waals surface area contributed by atoms with Crippen molar-refractivity contribution in [3.63, 3.8) is 0 Å². The molecule has 0 saturated carbocycles. The molecule has 0 amide bonds. The van der Waals surface area contributed by atoms with Crippen LogP contribution in [0.1, 0.15) is 20.8 Å². The van der Waals surface area contributed by atoms with E-state index in [9.17, 15) is 0 Å². The smallest absolute Gasteiger partial charge is 0.0606 e. The zero-order valence-corrected chi connectivity index (χ0v) is 16.3. The van der Waals surface area contributed by atoms with Crippen molar-refractivity contribution in [2.24, 2.45) is 0 Å². The molecule has 124 valence electrons. The number of nitrogens with zero attached hydrogens (tertiary/aromatic N) is 2. The van der Waals surface area contributed by atoms with Crippen LogP contribution in [-0.2, 0) is 0 Å². The lowest BCUT2D eigenvalue weighted by molar-refractivity contribution is 0.391. The second-order valence-electron chi connectivity index (χ2n) is 5.73. The van der Waals surface area contributed by atoms with Gasteiger partial charge >= 0.3 is 0 Å². The predicted octanol–water partition coefficient (Wildman–Crippen LogP) is 4.87. The molecule has 5 heteroatoms. The molecule has 23 heavy (non-hydrogen) atoms. The number of rotatable bonds is 5. The highest BCUT2D eigenvalue weighted by molar-refractivity contribution is 9.10. The topological polar surface area (TPSA) is 18.5 Å². The third-order valence-electron chi connectivity index (χ3n) is 4.40. The Balaban J connectivity index is 1.85. The van der Waals surface area contributed by atoms with Crippen molar-refractivity contribution in [2.45, 2.75) is 37.0 Å². The molecule has 1 N–H and O–H groups in total. The van der Waals surface area contributed by atoms with Crippen LogP contribution in [0.4, 0.5) is 11.4 Å². The Kier molecular flexibility index (Phi) is 5.27. The molecule has 1 aromatic carbocycles. The maximum absolute atomic E-state index is 3.67. The van der Waals surface area contributed by atoms with Gasteiger partial charge in [-0.15, -0.1) is 11.8 Å². The summed E-state index contributed by atoms with van der Waals surface area (Å²) in [5.74, 6) is 0. The minimum atomic E-state index is 0.379. The Labute approximate surface area is 152 Å². The van der Waals surface area contributed by atoms with Crippen molar-refractivity contribution in [1.82, 2.24) is 4.90 Å². The summed E-state index contributed by atoms with van der Waals surface area (Å²) in [6, 6.07) is 7.00. The van der Waals surface area contributed by atoms with Crippen LogP contribution in [0.2, 0.25) is 0 Å². The third kappa shape index (κ3) is 3.41. The molecule has 0 spiro atoms. The van der Waals surface area contributed by atoms with E-state index in [1.807, 2.05) is 11.8 Å². The van der Waals surface area contributed by atoms with Gasteiger partial charge in [-0.25, -0.2) is 0 Å². The lowest BCUT2D eigenvalue weighted by Crippen LogP contribution is -2.35. The minimum Gasteiger partial charge on any atom is -0.376 e. The molecule has 2 atom stereocenters. The number of likely N-dealkylation sites (N-methyl/N-ethyl adjacent to an activating group) is 1. The van der Waals surface area contributed by atoms with Crippen LogP contribution in [0.25, 0.3) is 0 Å². The molecule has 3 rings (SSSR count). The Morgan fingerprint density at radius 3 is 2.65 bits per heavy atom. The van der Waals surface area contributed by atoms with Gasteiger partial charge in [-0.1, -0.05) is 6.08 Å². The minimum absolute atomic E-state index is 0.379. The van der Waals surface area contributed by atoms with Crippen LogP contribution < -0.4 is 9.24 Å². The molecule has 1 aliphatic heterocycles. The number of benzene rings is 1. The Morgan fingerprint density at radius 1 is 1.17 bits per heavy atom. The number of nitrogens with one attached hydrogen (secondary N) is 1. The fraction of sp³-hybridized carbons (Fsp3) is 0.444. The zero-order valence-electron chi connectivity index (χ0n) is 13.9. The van der Waals surface area contributed by atoms with Gasteiger partial charge in [0.25, 0.3) is 0 Å². The largest absolute Gasteiger partial charge is 0.376 e. The third-order valence-corrected chi connectivity index (χ3v) is 6.60. The summed E-state index contributed by atoms with van der Waals surface area (Å²) in [6.45, 7) is 9.62. The van der Waals surface area contributed by atoms with E-state index in [1.54, 1.807) is 0 Å². The van der Waals surface area contributed by atoms with Gasteiger partial charge in [0, 0.05) is 57.7 Å². The standard InChI is InChI=1S/C18H24BrN3S/c1-4-21(5-2)13-7-9-15-17(11-13)23-18-12-14(22(19)6-3)8-10-16(18)20-15/h7-12,15,17,20H,4-6H2,1-3H3. The van der Waals surface area contributed by atoms with E-state index in [-0.39, 0.29) is 0 Å². The van der Waals surface area contributed by atoms with Gasteiger partial charge in [-0.05, 0) is 51.1 Å². The molecule has 0 aromatic heterocycles. The molecule has 1 aliphatic carbocycles. The van der Waals surface area contributed by atoms with E-state index in [4.69, 9.17) is 0 Å². The highest BCUT2D eigenvalue weighted by Gasteiger charge is 2.29. The Morgan fingerprint density at radius 2 is 1.96 bits per heavy atom. The first kappa shape index (κ1) is 16.8. The zero-order chi connectivity index (χ0) is 16.4. The van der Waals surface area contributed by atoms with Crippen LogP contribution in [0.5, 0.6) is 0 Å². The predicted molar refractivity (Wildman–Crippen MR) is 106 cm³/mol. The van der Waals surface area contributed by atoms with Gasteiger partial charge in [0.2, 0.25) is 0 Å². The van der Waals surface area contributed by atoms with Gasteiger partial charge < -0.3 is 14.1 Å². The molecule has 1 heterocycles. The average Bonchev–Trinajstić information content (AvgIpc) is 2.59. The monoisotopic (exact) mass is 393 g/mol. The number of fused-ring (bicyclic) bond motifs is 2. The van der Waals surface area contributed by atoms with Gasteiger partial charge in [-0.2, -0.15) is 0 Å². The normalized spacial score (nSPS) is 21.8. The molecule has 3 nitrogen and oxygen atoms in total. The average molecular weight is 394 g/mol. The molecule has 0 saturated heterocycles. The van der Waals surface area contributed by atoms with Crippen molar-refractivity contribution >= 4 is 39.3 Å². The molecule has 1 aromatic rings. The number of hydrogen-bond donors (Lipinski definition) is 1. The fourth-order valence-corrected chi connectivity index (χ4v) is 4.53. The SMILES string of the molecule is CCN(CC)C1=CC2Sc3cc(N(Br)CC)ccc3NC2C=C1. The van der Waals surface area contributed by atoms with E-state index >= 15 is 0 Å². The lowest BCUT2D eigenvalue weighted by Gasteiger charge is -2.35. The molecular weight excluding hydrogens is 370 g/mol. The summed E-state index contributed by atoms with van der Waals surface area (Å²) < 4.78 is 2.10. The lowest BCUT2D eigenvalue weighted by atomic mass is 10.0. The summed E-state index contributed by atoms with van der Waals surface area (Å²) >= 11 is 5.56. The first-order valence-electron chi connectivity index (χ1n) is 8.31. The summed E-state index contributed by atoms with van der Waals surface area (Å²) in [7, 11) is 0. The molecule has 2 unspecified atom stereocenters. The summed E-state index contributed by atoms with van der Waals surface area (Å²) in [4.78, 5) is 3.74. The number of hydrogen-bond acceptors (Lipinski definition) is 4. The first-order chi connectivity index (χ1) is 11.2. The summed E-state index contributed by atoms with van der Waals surface area (Å²) in [5, 5.41) is 4.12. The maximum Gasteiger partial charge on any atom is 0.0606 e. The van der Waals surface area contributed by atoms with Gasteiger partial charge in [0.1, 0.15) is 0 Å². The summed E-state index contributed by atoms with van der Waals surface area (Å²) in [6.07, 6.45) is 6.99. The van der Waals surface area contributed by atoms with Crippen LogP contribution in [0, 0.1) is 0 Å². The Hall–Kier alpha value is -1.07. The quantitative estimate of drug-likeness (QED) is 0.718. The van der Waals surface area contributed by atoms with E-state index in [1.165, 1.54) is 22.0 Å². The molecule has 2 aliphatic rings. The van der Waals surface area contributed by atoms with E-state index in [2.05, 4.69) is 87.5 Å². The molecular formula is C18H24BrN3S. The van der Waals surface area contributed by atoms with Gasteiger partial charge in [0.05, 0.1) is 11.3 Å². The van der Waals surface area contributed by atoms with E-state index < -0.39 is 0 Å². The molecule has 0 bridgehead atoms. The number of anilines is 2. The maximum atomic E-state index is 3.67. The van der Waals surface area contributed by atoms with Crippen molar-refractivity contribution in [1.29, 1.82) is 0 Å². The van der Waals surface area contributed by atoms with Crippen LogP contribution >= 0.6 is 27.9 Å². The van der Waals surface area contributed by atoms with Crippen LogP contribution in [0.15, 0.2) is 47.0 Å². The Bertz CT molecular complexity index is 625. The van der Waals surface area contributed by atoms with E-state index in [0.717, 1.165) is 19.6 Å². The first-order valence-corrected chi connectivity index (χ1v) is 9.90. The second kappa shape index (κ2) is 7.22.